The van der Waals surface area contributed by atoms with Gasteiger partial charge in [0.2, 0.25) is 12.2 Å². The molecule has 10 nitrogen and oxygen atoms in total. The van der Waals surface area contributed by atoms with E-state index in [1.165, 1.54) is 62.8 Å². The molecule has 0 aliphatic rings. The van der Waals surface area contributed by atoms with Crippen molar-refractivity contribution < 1.29 is 43.2 Å². The van der Waals surface area contributed by atoms with Crippen molar-refractivity contribution in [3.05, 3.63) is 87.4 Å². The lowest BCUT2D eigenvalue weighted by atomic mass is 10.1. The molecule has 0 aliphatic heterocycles. The highest BCUT2D eigenvalue weighted by atomic mass is 79.9. The molecule has 0 bridgehead atoms. The number of benzene rings is 3. The van der Waals surface area contributed by atoms with E-state index in [-0.39, 0.29) is 21.8 Å². The van der Waals surface area contributed by atoms with Crippen LogP contribution < -0.4 is 14.8 Å². The van der Waals surface area contributed by atoms with Gasteiger partial charge in [-0.3, -0.25) is 4.79 Å². The van der Waals surface area contributed by atoms with Crippen molar-refractivity contribution in [3.63, 3.8) is 0 Å². The van der Waals surface area contributed by atoms with Gasteiger partial charge in [0.15, 0.2) is 0 Å². The van der Waals surface area contributed by atoms with Crippen molar-refractivity contribution in [3.8, 4) is 11.5 Å². The van der Waals surface area contributed by atoms with Gasteiger partial charge in [0.1, 0.15) is 11.5 Å². The minimum Gasteiger partial charge on any atom is -0.497 e. The number of aliphatic carboxylic acids is 1. The van der Waals surface area contributed by atoms with Gasteiger partial charge in [-0.05, 0) is 54.6 Å². The van der Waals surface area contributed by atoms with Crippen LogP contribution in [0.3, 0.4) is 0 Å². The fourth-order valence-electron chi connectivity index (χ4n) is 3.16. The van der Waals surface area contributed by atoms with Gasteiger partial charge in [-0.1, -0.05) is 39.7 Å². The van der Waals surface area contributed by atoms with Gasteiger partial charge in [-0.2, -0.15) is 0 Å². The Morgan fingerprint density at radius 2 is 1.34 bits per heavy atom. The molecule has 0 saturated heterocycles. The van der Waals surface area contributed by atoms with Gasteiger partial charge in [0, 0.05) is 4.47 Å². The summed E-state index contributed by atoms with van der Waals surface area (Å²) in [6, 6.07) is 16.1. The zero-order valence-electron chi connectivity index (χ0n) is 20.0. The highest BCUT2D eigenvalue weighted by molar-refractivity contribution is 9.10. The molecule has 12 heteroatoms. The molecular weight excluding hydrogens is 586 g/mol. The number of esters is 2. The maximum atomic E-state index is 13.2. The van der Waals surface area contributed by atoms with Crippen LogP contribution in [0.5, 0.6) is 11.5 Å². The summed E-state index contributed by atoms with van der Waals surface area (Å²) in [6.45, 7) is 0. The van der Waals surface area contributed by atoms with Gasteiger partial charge >= 0.3 is 17.9 Å². The smallest absolute Gasteiger partial charge is 0.349 e. The number of amides is 1. The van der Waals surface area contributed by atoms with Gasteiger partial charge in [0.25, 0.3) is 5.91 Å². The van der Waals surface area contributed by atoms with Crippen molar-refractivity contribution in [2.24, 2.45) is 0 Å². The molecule has 0 saturated carbocycles. The van der Waals surface area contributed by atoms with Crippen molar-refractivity contribution in [2.75, 3.05) is 19.5 Å². The summed E-state index contributed by atoms with van der Waals surface area (Å²) < 4.78 is 21.2. The van der Waals surface area contributed by atoms with Gasteiger partial charge < -0.3 is 29.4 Å². The van der Waals surface area contributed by atoms with E-state index in [4.69, 9.17) is 30.5 Å². The van der Waals surface area contributed by atoms with E-state index in [9.17, 15) is 24.3 Å². The third-order valence-corrected chi connectivity index (χ3v) is 5.85. The SMILES string of the molecule is COc1cccc(C(=O)O[C@H](C(=O)O)[C@H](OC(=O)c2cccc(OC)c2)C(=O)Nc2ccc(Br)cc2Cl)c1. The Labute approximate surface area is 230 Å². The fourth-order valence-corrected chi connectivity index (χ4v) is 3.88. The molecule has 3 rings (SSSR count). The maximum absolute atomic E-state index is 13.2. The van der Waals surface area contributed by atoms with Crippen molar-refractivity contribution in [1.29, 1.82) is 0 Å². The summed E-state index contributed by atoms with van der Waals surface area (Å²) in [7, 11) is 2.78. The predicted molar refractivity (Wildman–Crippen MR) is 140 cm³/mol. The first-order valence-corrected chi connectivity index (χ1v) is 12.0. The third kappa shape index (κ3) is 7.24. The Balaban J connectivity index is 1.95. The Bertz CT molecular complexity index is 1360. The van der Waals surface area contributed by atoms with Crippen LogP contribution in [-0.2, 0) is 19.1 Å². The van der Waals surface area contributed by atoms with Crippen LogP contribution in [0.4, 0.5) is 5.69 Å². The van der Waals surface area contributed by atoms with E-state index >= 15 is 0 Å². The monoisotopic (exact) mass is 605 g/mol. The van der Waals surface area contributed by atoms with Gasteiger partial charge in [0.05, 0.1) is 36.1 Å². The van der Waals surface area contributed by atoms with Crippen LogP contribution in [0.1, 0.15) is 20.7 Å². The normalized spacial score (nSPS) is 12.0. The summed E-state index contributed by atoms with van der Waals surface area (Å²) in [6.07, 6.45) is -4.34. The van der Waals surface area contributed by atoms with Crippen molar-refractivity contribution >= 4 is 57.0 Å². The third-order valence-electron chi connectivity index (χ3n) is 5.04. The standard InChI is InChI=1S/C26H21BrClNO9/c1-35-17-7-3-5-14(11-17)25(33)37-21(23(30)29-20-10-9-16(27)13-19(20)28)22(24(31)32)38-26(34)15-6-4-8-18(12-15)36-2/h3-13,21-22H,1-2H3,(H,29,30)(H,31,32)/t21-,22-/m0/s1. The number of ether oxygens (including phenoxy) is 4. The number of rotatable bonds is 10. The number of carbonyl (C=O) groups excluding carboxylic acids is 3. The molecule has 0 aromatic heterocycles. The van der Waals surface area contributed by atoms with E-state index in [1.54, 1.807) is 18.2 Å². The molecule has 1 amide bonds. The highest BCUT2D eigenvalue weighted by Gasteiger charge is 2.41. The lowest BCUT2D eigenvalue weighted by Gasteiger charge is -2.24. The van der Waals surface area contributed by atoms with Crippen molar-refractivity contribution in [1.82, 2.24) is 0 Å². The van der Waals surface area contributed by atoms with Gasteiger partial charge in [-0.25, -0.2) is 14.4 Å². The Morgan fingerprint density at radius 1 is 0.816 bits per heavy atom. The summed E-state index contributed by atoms with van der Waals surface area (Å²) in [5.41, 5.74) is 0.0162. The zero-order chi connectivity index (χ0) is 27.8. The number of hydrogen-bond donors (Lipinski definition) is 2. The fraction of sp³-hybridized carbons (Fsp3) is 0.154. The van der Waals surface area contributed by atoms with Crippen LogP contribution in [0.15, 0.2) is 71.2 Å². The predicted octanol–water partition coefficient (Wildman–Crippen LogP) is 4.59. The number of carbonyl (C=O) groups is 4. The summed E-state index contributed by atoms with van der Waals surface area (Å²) >= 11 is 9.41. The largest absolute Gasteiger partial charge is 0.497 e. The average Bonchev–Trinajstić information content (AvgIpc) is 2.91. The number of nitrogens with one attached hydrogen (secondary N) is 1. The van der Waals surface area contributed by atoms with Crippen LogP contribution in [-0.4, -0.2) is 55.3 Å². The Kier molecular flexibility index (Phi) is 9.69. The molecule has 0 spiro atoms. The van der Waals surface area contributed by atoms with Crippen molar-refractivity contribution in [2.45, 2.75) is 12.2 Å². The molecule has 3 aromatic rings. The zero-order valence-corrected chi connectivity index (χ0v) is 22.3. The molecule has 2 atom stereocenters. The second kappa shape index (κ2) is 12.9. The minimum absolute atomic E-state index is 0.0351. The quantitative estimate of drug-likeness (QED) is 0.317. The lowest BCUT2D eigenvalue weighted by molar-refractivity contribution is -0.157. The summed E-state index contributed by atoms with van der Waals surface area (Å²) in [5.74, 6) is -4.35. The van der Waals surface area contributed by atoms with Crippen LogP contribution in [0, 0.1) is 0 Å². The molecule has 2 N–H and O–H groups in total. The first-order chi connectivity index (χ1) is 18.1. The summed E-state index contributed by atoms with van der Waals surface area (Å²) in [5, 5.41) is 12.4. The Hall–Kier alpha value is -4.09. The number of anilines is 1. The summed E-state index contributed by atoms with van der Waals surface area (Å²) in [4.78, 5) is 51.1. The molecule has 0 heterocycles. The number of halogens is 2. The second-order valence-electron chi connectivity index (χ2n) is 7.57. The first kappa shape index (κ1) is 28.5. The van der Waals surface area contributed by atoms with Crippen LogP contribution >= 0.6 is 27.5 Å². The molecule has 0 aliphatic carbocycles. The number of carboxylic acids is 1. The molecule has 0 unspecified atom stereocenters. The number of hydrogen-bond acceptors (Lipinski definition) is 8. The molecule has 198 valence electrons. The second-order valence-corrected chi connectivity index (χ2v) is 8.89. The minimum atomic E-state index is -2.22. The van der Waals surface area contributed by atoms with E-state index in [1.807, 2.05) is 0 Å². The maximum Gasteiger partial charge on any atom is 0.349 e. The highest BCUT2D eigenvalue weighted by Crippen LogP contribution is 2.27. The first-order valence-electron chi connectivity index (χ1n) is 10.8. The molecule has 3 aromatic carbocycles. The molecular formula is C26H21BrClNO9. The lowest BCUT2D eigenvalue weighted by Crippen LogP contribution is -2.48. The van der Waals surface area contributed by atoms with Crippen LogP contribution in [0.25, 0.3) is 0 Å². The van der Waals surface area contributed by atoms with E-state index in [2.05, 4.69) is 21.2 Å². The molecule has 38 heavy (non-hydrogen) atoms. The topological polar surface area (TPSA) is 137 Å². The molecule has 0 fully saturated rings. The van der Waals surface area contributed by atoms with E-state index < -0.39 is 36.0 Å². The van der Waals surface area contributed by atoms with Gasteiger partial charge in [-0.15, -0.1) is 0 Å². The van der Waals surface area contributed by atoms with E-state index in [0.717, 1.165) is 0 Å². The number of methoxy groups -OCH3 is 2. The van der Waals surface area contributed by atoms with E-state index in [0.29, 0.717) is 16.0 Å². The average molecular weight is 607 g/mol. The molecule has 0 radical (unpaired) electrons. The van der Waals surface area contributed by atoms with Crippen LogP contribution in [0.2, 0.25) is 5.02 Å². The number of carboxylic acid groups (broad SMARTS) is 1. The Morgan fingerprint density at radius 3 is 1.82 bits per heavy atom.